The van der Waals surface area contributed by atoms with Crippen molar-refractivity contribution in [3.63, 3.8) is 0 Å². The van der Waals surface area contributed by atoms with Crippen molar-refractivity contribution in [2.75, 3.05) is 25.5 Å². The Bertz CT molecular complexity index is 424. The summed E-state index contributed by atoms with van der Waals surface area (Å²) in [4.78, 5) is 11.7. The first-order valence-electron chi connectivity index (χ1n) is 6.45. The number of ether oxygens (including phenoxy) is 1. The standard InChI is InChI=1S/C14H19ClN2O2/c1-19-14(7-2-8-14)10-16-9-13(18)17-12-5-3-11(15)4-6-12/h3-6,16H,2,7-10H2,1H3,(H,17,18). The van der Waals surface area contributed by atoms with E-state index in [9.17, 15) is 4.79 Å². The molecule has 0 aromatic heterocycles. The zero-order valence-corrected chi connectivity index (χ0v) is 11.8. The van der Waals surface area contributed by atoms with Crippen LogP contribution < -0.4 is 10.6 Å². The van der Waals surface area contributed by atoms with Crippen LogP contribution in [0.4, 0.5) is 5.69 Å². The highest BCUT2D eigenvalue weighted by molar-refractivity contribution is 6.30. The summed E-state index contributed by atoms with van der Waals surface area (Å²) in [7, 11) is 1.73. The topological polar surface area (TPSA) is 50.4 Å². The fourth-order valence-electron chi connectivity index (χ4n) is 2.17. The van der Waals surface area contributed by atoms with Crippen LogP contribution in [-0.2, 0) is 9.53 Å². The first-order chi connectivity index (χ1) is 9.13. The second-order valence-electron chi connectivity index (χ2n) is 4.90. The Hall–Kier alpha value is -1.10. The summed E-state index contributed by atoms with van der Waals surface area (Å²) in [6.45, 7) is 1.01. The number of hydrogen-bond acceptors (Lipinski definition) is 3. The van der Waals surface area contributed by atoms with Crippen molar-refractivity contribution in [3.8, 4) is 0 Å². The highest BCUT2D eigenvalue weighted by Gasteiger charge is 2.36. The van der Waals surface area contributed by atoms with E-state index in [2.05, 4.69) is 10.6 Å². The molecule has 1 saturated carbocycles. The first-order valence-corrected chi connectivity index (χ1v) is 6.83. The van der Waals surface area contributed by atoms with Gasteiger partial charge in [0, 0.05) is 24.4 Å². The van der Waals surface area contributed by atoms with Crippen molar-refractivity contribution < 1.29 is 9.53 Å². The molecule has 0 aliphatic heterocycles. The smallest absolute Gasteiger partial charge is 0.238 e. The Kier molecular flexibility index (Phi) is 4.80. The summed E-state index contributed by atoms with van der Waals surface area (Å²) in [6, 6.07) is 7.06. The Morgan fingerprint density at radius 2 is 2.05 bits per heavy atom. The minimum atomic E-state index is -0.0621. The minimum absolute atomic E-state index is 0.0550. The molecular formula is C14H19ClN2O2. The molecule has 0 unspecified atom stereocenters. The molecular weight excluding hydrogens is 264 g/mol. The molecule has 1 aromatic carbocycles. The van der Waals surface area contributed by atoms with Crippen LogP contribution in [0.2, 0.25) is 5.02 Å². The lowest BCUT2D eigenvalue weighted by atomic mass is 9.80. The molecule has 1 aliphatic rings. The number of benzene rings is 1. The van der Waals surface area contributed by atoms with Gasteiger partial charge in [0.25, 0.3) is 0 Å². The largest absolute Gasteiger partial charge is 0.377 e. The molecule has 0 heterocycles. The Morgan fingerprint density at radius 3 is 2.58 bits per heavy atom. The maximum Gasteiger partial charge on any atom is 0.238 e. The van der Waals surface area contributed by atoms with Gasteiger partial charge in [-0.2, -0.15) is 0 Å². The van der Waals surface area contributed by atoms with E-state index < -0.39 is 0 Å². The Labute approximate surface area is 118 Å². The molecule has 2 N–H and O–H groups in total. The molecule has 2 rings (SSSR count). The highest BCUT2D eigenvalue weighted by Crippen LogP contribution is 2.34. The molecule has 0 atom stereocenters. The van der Waals surface area contributed by atoms with E-state index in [1.807, 2.05) is 0 Å². The number of amides is 1. The zero-order chi connectivity index (χ0) is 13.7. The van der Waals surface area contributed by atoms with Crippen LogP contribution in [0.5, 0.6) is 0 Å². The lowest BCUT2D eigenvalue weighted by Gasteiger charge is -2.40. The van der Waals surface area contributed by atoms with Crippen LogP contribution in [-0.4, -0.2) is 31.7 Å². The molecule has 1 amide bonds. The van der Waals surface area contributed by atoms with Gasteiger partial charge in [-0.05, 0) is 43.5 Å². The normalized spacial score (nSPS) is 16.7. The van der Waals surface area contributed by atoms with Gasteiger partial charge in [-0.25, -0.2) is 0 Å². The van der Waals surface area contributed by atoms with Gasteiger partial charge in [-0.1, -0.05) is 11.6 Å². The summed E-state index contributed by atoms with van der Waals surface area (Å²) in [5.74, 6) is -0.0621. The van der Waals surface area contributed by atoms with Crippen LogP contribution in [0, 0.1) is 0 Å². The van der Waals surface area contributed by atoms with E-state index in [0.29, 0.717) is 5.02 Å². The molecule has 104 valence electrons. The minimum Gasteiger partial charge on any atom is -0.377 e. The molecule has 0 saturated heterocycles. The summed E-state index contributed by atoms with van der Waals surface area (Å²) < 4.78 is 5.48. The molecule has 5 heteroatoms. The fourth-order valence-corrected chi connectivity index (χ4v) is 2.29. The molecule has 1 fully saturated rings. The molecule has 1 aliphatic carbocycles. The van der Waals surface area contributed by atoms with Crippen molar-refractivity contribution in [1.29, 1.82) is 0 Å². The van der Waals surface area contributed by atoms with Gasteiger partial charge in [0.1, 0.15) is 0 Å². The summed E-state index contributed by atoms with van der Waals surface area (Å²) >= 11 is 5.78. The number of methoxy groups -OCH3 is 1. The number of rotatable bonds is 6. The molecule has 4 nitrogen and oxygen atoms in total. The van der Waals surface area contributed by atoms with Crippen LogP contribution in [0.1, 0.15) is 19.3 Å². The predicted octanol–water partition coefficient (Wildman–Crippen LogP) is 2.44. The number of carbonyl (C=O) groups is 1. The third-order valence-electron chi connectivity index (χ3n) is 3.56. The monoisotopic (exact) mass is 282 g/mol. The van der Waals surface area contributed by atoms with Crippen LogP contribution in [0.15, 0.2) is 24.3 Å². The zero-order valence-electron chi connectivity index (χ0n) is 11.0. The van der Waals surface area contributed by atoms with Gasteiger partial charge in [-0.15, -0.1) is 0 Å². The number of anilines is 1. The maximum atomic E-state index is 11.7. The molecule has 19 heavy (non-hydrogen) atoms. The second-order valence-corrected chi connectivity index (χ2v) is 5.34. The van der Waals surface area contributed by atoms with Gasteiger partial charge >= 0.3 is 0 Å². The first kappa shape index (κ1) is 14.3. The van der Waals surface area contributed by atoms with Gasteiger partial charge in [0.2, 0.25) is 5.91 Å². The Balaban J connectivity index is 1.71. The van der Waals surface area contributed by atoms with Crippen LogP contribution in [0.25, 0.3) is 0 Å². The lowest BCUT2D eigenvalue weighted by molar-refractivity contribution is -0.116. The average Bonchev–Trinajstić information content (AvgIpc) is 2.35. The summed E-state index contributed by atoms with van der Waals surface area (Å²) in [6.07, 6.45) is 3.33. The lowest BCUT2D eigenvalue weighted by Crippen LogP contribution is -2.49. The summed E-state index contributed by atoms with van der Waals surface area (Å²) in [5, 5.41) is 6.61. The molecule has 0 spiro atoms. The Morgan fingerprint density at radius 1 is 1.37 bits per heavy atom. The van der Waals surface area contributed by atoms with E-state index in [0.717, 1.165) is 25.1 Å². The van der Waals surface area contributed by atoms with Crippen molar-refractivity contribution in [2.24, 2.45) is 0 Å². The SMILES string of the molecule is COC1(CNCC(=O)Nc2ccc(Cl)cc2)CCC1. The third-order valence-corrected chi connectivity index (χ3v) is 3.81. The van der Waals surface area contributed by atoms with Gasteiger partial charge in [0.15, 0.2) is 0 Å². The van der Waals surface area contributed by atoms with E-state index in [1.165, 1.54) is 6.42 Å². The summed E-state index contributed by atoms with van der Waals surface area (Å²) in [5.41, 5.74) is 0.696. The number of hydrogen-bond donors (Lipinski definition) is 2. The maximum absolute atomic E-state index is 11.7. The van der Waals surface area contributed by atoms with Crippen LogP contribution in [0.3, 0.4) is 0 Å². The second kappa shape index (κ2) is 6.37. The fraction of sp³-hybridized carbons (Fsp3) is 0.500. The van der Waals surface area contributed by atoms with Crippen LogP contribution >= 0.6 is 11.6 Å². The van der Waals surface area contributed by atoms with E-state index >= 15 is 0 Å². The van der Waals surface area contributed by atoms with Crippen molar-refractivity contribution in [1.82, 2.24) is 5.32 Å². The van der Waals surface area contributed by atoms with Gasteiger partial charge in [-0.3, -0.25) is 4.79 Å². The number of halogens is 1. The highest BCUT2D eigenvalue weighted by atomic mass is 35.5. The van der Waals surface area contributed by atoms with E-state index in [1.54, 1.807) is 31.4 Å². The molecule has 0 radical (unpaired) electrons. The van der Waals surface area contributed by atoms with E-state index in [-0.39, 0.29) is 18.1 Å². The predicted molar refractivity (Wildman–Crippen MR) is 76.5 cm³/mol. The average molecular weight is 283 g/mol. The van der Waals surface area contributed by atoms with Crippen molar-refractivity contribution >= 4 is 23.2 Å². The van der Waals surface area contributed by atoms with E-state index in [4.69, 9.17) is 16.3 Å². The number of nitrogens with one attached hydrogen (secondary N) is 2. The quantitative estimate of drug-likeness (QED) is 0.843. The molecule has 1 aromatic rings. The van der Waals surface area contributed by atoms with Crippen molar-refractivity contribution in [2.45, 2.75) is 24.9 Å². The molecule has 0 bridgehead atoms. The number of carbonyl (C=O) groups excluding carboxylic acids is 1. The van der Waals surface area contributed by atoms with Crippen molar-refractivity contribution in [3.05, 3.63) is 29.3 Å². The van der Waals surface area contributed by atoms with Gasteiger partial charge in [0.05, 0.1) is 12.1 Å². The van der Waals surface area contributed by atoms with Gasteiger partial charge < -0.3 is 15.4 Å². The third kappa shape index (κ3) is 3.93.